The fourth-order valence-corrected chi connectivity index (χ4v) is 1.42. The van der Waals surface area contributed by atoms with E-state index in [0.717, 1.165) is 5.39 Å². The molecule has 1 atom stereocenters. The first-order chi connectivity index (χ1) is 7.72. The molecule has 4 nitrogen and oxygen atoms in total. The summed E-state index contributed by atoms with van der Waals surface area (Å²) in [5.41, 5.74) is 0.754. The molecule has 0 aliphatic rings. The second-order valence-electron chi connectivity index (χ2n) is 3.33. The van der Waals surface area contributed by atoms with Crippen LogP contribution in [0.15, 0.2) is 36.4 Å². The summed E-state index contributed by atoms with van der Waals surface area (Å²) in [7, 11) is 0. The van der Waals surface area contributed by atoms with Gasteiger partial charge in [0.1, 0.15) is 5.69 Å². The Morgan fingerprint density at radius 1 is 1.25 bits per heavy atom. The lowest BCUT2D eigenvalue weighted by molar-refractivity contribution is -0.113. The number of rotatable bonds is 3. The summed E-state index contributed by atoms with van der Waals surface area (Å²) in [4.78, 5) is 25.8. The molecule has 0 spiro atoms. The number of pyridine rings is 1. The largest absolute Gasteiger partial charge is 0.377 e. The molecule has 1 aromatic carbocycles. The van der Waals surface area contributed by atoms with Crippen molar-refractivity contribution in [2.24, 2.45) is 0 Å². The first-order valence-electron chi connectivity index (χ1n) is 4.76. The monoisotopic (exact) mass is 215 g/mol. The lowest BCUT2D eigenvalue weighted by atomic mass is 10.1. The number of carbonyl (C=O) groups excluding carboxylic acids is 2. The molecule has 1 unspecified atom stereocenters. The molecule has 16 heavy (non-hydrogen) atoms. The number of aliphatic hydroxyl groups is 1. The van der Waals surface area contributed by atoms with E-state index in [1.807, 2.05) is 12.1 Å². The van der Waals surface area contributed by atoms with Gasteiger partial charge in [0.05, 0.1) is 5.52 Å². The van der Waals surface area contributed by atoms with Gasteiger partial charge in [-0.05, 0) is 12.1 Å². The smallest absolute Gasteiger partial charge is 0.216 e. The van der Waals surface area contributed by atoms with E-state index in [9.17, 15) is 9.59 Å². The Bertz CT molecular complexity index is 551. The molecular formula is C12H9NO3. The van der Waals surface area contributed by atoms with E-state index in [1.165, 1.54) is 6.07 Å². The molecule has 4 heteroatoms. The van der Waals surface area contributed by atoms with Gasteiger partial charge in [0, 0.05) is 5.39 Å². The van der Waals surface area contributed by atoms with Gasteiger partial charge in [0.15, 0.2) is 12.4 Å². The molecule has 1 N–H and O–H groups in total. The number of hydrogen-bond donors (Lipinski definition) is 1. The quantitative estimate of drug-likeness (QED) is 0.470. The van der Waals surface area contributed by atoms with Crippen LogP contribution in [0.5, 0.6) is 0 Å². The van der Waals surface area contributed by atoms with Gasteiger partial charge in [-0.25, -0.2) is 4.98 Å². The van der Waals surface area contributed by atoms with Crippen molar-refractivity contribution in [2.75, 3.05) is 0 Å². The highest BCUT2D eigenvalue weighted by Crippen LogP contribution is 2.12. The van der Waals surface area contributed by atoms with Gasteiger partial charge in [-0.15, -0.1) is 0 Å². The predicted octanol–water partition coefficient (Wildman–Crippen LogP) is 0.977. The van der Waals surface area contributed by atoms with Gasteiger partial charge in [-0.2, -0.15) is 0 Å². The summed E-state index contributed by atoms with van der Waals surface area (Å²) in [6.07, 6.45) is -1.44. The summed E-state index contributed by atoms with van der Waals surface area (Å²) in [6.45, 7) is 0. The predicted molar refractivity (Wildman–Crippen MR) is 58.1 cm³/mol. The van der Waals surface area contributed by atoms with Crippen LogP contribution in [0.25, 0.3) is 10.9 Å². The number of nitrogens with zero attached hydrogens (tertiary/aromatic N) is 1. The summed E-state index contributed by atoms with van der Waals surface area (Å²) in [5.74, 6) is -0.680. The normalized spacial score (nSPS) is 12.3. The molecule has 1 heterocycles. The average molecular weight is 215 g/mol. The number of aldehydes is 1. The Hall–Kier alpha value is -2.07. The van der Waals surface area contributed by atoms with E-state index in [4.69, 9.17) is 5.11 Å². The highest BCUT2D eigenvalue weighted by atomic mass is 16.3. The number of carbonyl (C=O) groups is 2. The van der Waals surface area contributed by atoms with Crippen molar-refractivity contribution >= 4 is 23.0 Å². The Kier molecular flexibility index (Phi) is 2.74. The molecule has 2 rings (SSSR count). The fraction of sp³-hybridized carbons (Fsp3) is 0.0833. The lowest BCUT2D eigenvalue weighted by Gasteiger charge is -2.03. The molecule has 0 radical (unpaired) electrons. The molecule has 0 bridgehead atoms. The van der Waals surface area contributed by atoms with Crippen LogP contribution in [0.4, 0.5) is 0 Å². The number of aliphatic hydroxyl groups excluding tert-OH is 1. The molecule has 0 fully saturated rings. The number of hydrogen-bond acceptors (Lipinski definition) is 4. The lowest BCUT2D eigenvalue weighted by Crippen LogP contribution is -2.22. The molecule has 2 aromatic rings. The van der Waals surface area contributed by atoms with Crippen LogP contribution in [0, 0.1) is 0 Å². The summed E-state index contributed by atoms with van der Waals surface area (Å²) >= 11 is 0. The van der Waals surface area contributed by atoms with Crippen molar-refractivity contribution in [3.8, 4) is 0 Å². The van der Waals surface area contributed by atoms with Crippen LogP contribution < -0.4 is 0 Å². The standard InChI is InChI=1S/C12H9NO3/c14-7-11(15)12(16)10-6-5-8-3-1-2-4-9(8)13-10/h1-7,11,15H. The van der Waals surface area contributed by atoms with E-state index in [-0.39, 0.29) is 12.0 Å². The minimum atomic E-state index is -1.63. The van der Waals surface area contributed by atoms with Gasteiger partial charge >= 0.3 is 0 Å². The maximum Gasteiger partial charge on any atom is 0.216 e. The van der Waals surface area contributed by atoms with Crippen LogP contribution in [-0.2, 0) is 4.79 Å². The zero-order valence-corrected chi connectivity index (χ0v) is 8.33. The number of aromatic nitrogens is 1. The topological polar surface area (TPSA) is 67.3 Å². The number of benzene rings is 1. The van der Waals surface area contributed by atoms with Gasteiger partial charge in [-0.1, -0.05) is 24.3 Å². The van der Waals surface area contributed by atoms with Crippen molar-refractivity contribution in [3.63, 3.8) is 0 Å². The van der Waals surface area contributed by atoms with Crippen molar-refractivity contribution in [1.29, 1.82) is 0 Å². The Morgan fingerprint density at radius 2 is 2.00 bits per heavy atom. The second kappa shape index (κ2) is 4.20. The zero-order valence-electron chi connectivity index (χ0n) is 8.33. The summed E-state index contributed by atoms with van der Waals surface area (Å²) in [6, 6.07) is 10.5. The number of fused-ring (bicyclic) bond motifs is 1. The van der Waals surface area contributed by atoms with Gasteiger partial charge in [0.25, 0.3) is 0 Å². The van der Waals surface area contributed by atoms with Gasteiger partial charge < -0.3 is 5.11 Å². The maximum absolute atomic E-state index is 11.5. The maximum atomic E-state index is 11.5. The molecule has 0 saturated heterocycles. The Labute approximate surface area is 91.5 Å². The van der Waals surface area contributed by atoms with Crippen LogP contribution >= 0.6 is 0 Å². The van der Waals surface area contributed by atoms with Crippen LogP contribution in [0.3, 0.4) is 0 Å². The van der Waals surface area contributed by atoms with Crippen LogP contribution in [-0.4, -0.2) is 28.3 Å². The van der Waals surface area contributed by atoms with Gasteiger partial charge in [-0.3, -0.25) is 9.59 Å². The second-order valence-corrected chi connectivity index (χ2v) is 3.33. The third-order valence-electron chi connectivity index (χ3n) is 2.25. The first kappa shape index (κ1) is 10.4. The highest BCUT2D eigenvalue weighted by Gasteiger charge is 2.17. The fourth-order valence-electron chi connectivity index (χ4n) is 1.42. The van der Waals surface area contributed by atoms with E-state index < -0.39 is 11.9 Å². The van der Waals surface area contributed by atoms with E-state index in [0.29, 0.717) is 5.52 Å². The molecular weight excluding hydrogens is 206 g/mol. The number of ketones is 1. The van der Waals surface area contributed by atoms with Gasteiger partial charge in [0.2, 0.25) is 5.78 Å². The minimum Gasteiger partial charge on any atom is -0.377 e. The van der Waals surface area contributed by atoms with E-state index >= 15 is 0 Å². The third kappa shape index (κ3) is 1.83. The molecule has 0 aliphatic carbocycles. The number of Topliss-reactive ketones (excluding diaryl/α,β-unsaturated/α-hetero) is 1. The van der Waals surface area contributed by atoms with Crippen molar-refractivity contribution in [2.45, 2.75) is 6.10 Å². The van der Waals surface area contributed by atoms with E-state index in [2.05, 4.69) is 4.98 Å². The van der Waals surface area contributed by atoms with Crippen LogP contribution in [0.2, 0.25) is 0 Å². The van der Waals surface area contributed by atoms with Crippen molar-refractivity contribution in [1.82, 2.24) is 4.98 Å². The molecule has 1 aromatic heterocycles. The van der Waals surface area contributed by atoms with Crippen molar-refractivity contribution < 1.29 is 14.7 Å². The average Bonchev–Trinajstić information content (AvgIpc) is 2.36. The van der Waals surface area contributed by atoms with Crippen LogP contribution in [0.1, 0.15) is 10.5 Å². The summed E-state index contributed by atoms with van der Waals surface area (Å²) < 4.78 is 0. The van der Waals surface area contributed by atoms with E-state index in [1.54, 1.807) is 18.2 Å². The minimum absolute atomic E-state index is 0.0956. The SMILES string of the molecule is O=CC(O)C(=O)c1ccc2ccccc2n1. The highest BCUT2D eigenvalue weighted by molar-refractivity contribution is 6.06. The Morgan fingerprint density at radius 3 is 2.75 bits per heavy atom. The molecule has 80 valence electrons. The zero-order chi connectivity index (χ0) is 11.5. The number of para-hydroxylation sites is 1. The first-order valence-corrected chi connectivity index (χ1v) is 4.76. The summed E-state index contributed by atoms with van der Waals surface area (Å²) in [5, 5.41) is 10.00. The van der Waals surface area contributed by atoms with Crippen molar-refractivity contribution in [3.05, 3.63) is 42.1 Å². The molecule has 0 amide bonds. The third-order valence-corrected chi connectivity index (χ3v) is 2.25. The Balaban J connectivity index is 2.47. The molecule has 0 aliphatic heterocycles. The molecule has 0 saturated carbocycles.